The second-order valence-corrected chi connectivity index (χ2v) is 9.79. The molecule has 0 aliphatic carbocycles. The van der Waals surface area contributed by atoms with Crippen LogP contribution in [0.25, 0.3) is 0 Å². The first kappa shape index (κ1) is 25.8. The van der Waals surface area contributed by atoms with Crippen LogP contribution in [0.5, 0.6) is 11.5 Å². The number of aryl methyl sites for hydroxylation is 1. The zero-order valence-corrected chi connectivity index (χ0v) is 20.9. The zero-order valence-electron chi connectivity index (χ0n) is 19.3. The van der Waals surface area contributed by atoms with Crippen molar-refractivity contribution in [3.05, 3.63) is 52.5 Å². The van der Waals surface area contributed by atoms with Crippen LogP contribution in [0.4, 0.5) is 5.69 Å². The molecular weight excluding hydrogens is 452 g/mol. The summed E-state index contributed by atoms with van der Waals surface area (Å²) in [5.74, 6) is 0.668. The highest BCUT2D eigenvalue weighted by Crippen LogP contribution is 2.35. The molecule has 0 aliphatic rings. The Balaban J connectivity index is 2.44. The number of methoxy groups -OCH3 is 2. The minimum atomic E-state index is -3.83. The van der Waals surface area contributed by atoms with E-state index in [0.717, 1.165) is 27.4 Å². The highest BCUT2D eigenvalue weighted by Gasteiger charge is 2.34. The van der Waals surface area contributed by atoms with Crippen LogP contribution in [0.1, 0.15) is 43.9 Å². The number of benzene rings is 2. The van der Waals surface area contributed by atoms with Crippen LogP contribution in [0.2, 0.25) is 5.02 Å². The van der Waals surface area contributed by atoms with Crippen molar-refractivity contribution in [1.29, 1.82) is 0 Å². The molecule has 0 radical (unpaired) electrons. The van der Waals surface area contributed by atoms with Gasteiger partial charge >= 0.3 is 0 Å². The quantitative estimate of drug-likeness (QED) is 0.539. The number of nitrogens with zero attached hydrogens (tertiary/aromatic N) is 1. The molecule has 2 rings (SSSR count). The van der Waals surface area contributed by atoms with E-state index in [9.17, 15) is 13.2 Å². The molecule has 32 heavy (non-hydrogen) atoms. The molecule has 2 aromatic rings. The molecule has 1 N–H and O–H groups in total. The van der Waals surface area contributed by atoms with E-state index in [1.54, 1.807) is 26.2 Å². The van der Waals surface area contributed by atoms with Gasteiger partial charge < -0.3 is 14.8 Å². The highest BCUT2D eigenvalue weighted by molar-refractivity contribution is 7.92. The molecule has 2 aromatic carbocycles. The molecule has 0 fully saturated rings. The van der Waals surface area contributed by atoms with E-state index in [1.807, 2.05) is 32.0 Å². The van der Waals surface area contributed by atoms with Crippen molar-refractivity contribution in [2.24, 2.45) is 0 Å². The summed E-state index contributed by atoms with van der Waals surface area (Å²) >= 11 is 6.13. The Morgan fingerprint density at radius 1 is 1.06 bits per heavy atom. The number of halogens is 1. The van der Waals surface area contributed by atoms with Gasteiger partial charge in [-0.25, -0.2) is 8.42 Å². The summed E-state index contributed by atoms with van der Waals surface area (Å²) in [7, 11) is -0.783. The minimum absolute atomic E-state index is 0.220. The van der Waals surface area contributed by atoms with E-state index < -0.39 is 22.0 Å². The number of hydrogen-bond acceptors (Lipinski definition) is 5. The van der Waals surface area contributed by atoms with Gasteiger partial charge in [-0.05, 0) is 55.2 Å². The molecule has 0 saturated carbocycles. The van der Waals surface area contributed by atoms with Gasteiger partial charge in [-0.1, -0.05) is 37.6 Å². The third kappa shape index (κ3) is 5.86. The fraction of sp³-hybridized carbons (Fsp3) is 0.435. The van der Waals surface area contributed by atoms with E-state index in [0.29, 0.717) is 17.2 Å². The standard InChI is InChI=1S/C23H31ClN2O5S/c1-7-18(16-9-11-21(30-4)15(3)13-16)25-23(27)19(8-2)26(32(6,28)29)20-14-17(24)10-12-22(20)31-5/h9-14,18-19H,7-8H2,1-6H3,(H,25,27)/t18-,19+/m1/s1. The van der Waals surface area contributed by atoms with Crippen molar-refractivity contribution in [1.82, 2.24) is 5.32 Å². The summed E-state index contributed by atoms with van der Waals surface area (Å²) in [5.41, 5.74) is 2.09. The first-order valence-electron chi connectivity index (χ1n) is 10.3. The lowest BCUT2D eigenvalue weighted by molar-refractivity contribution is -0.123. The van der Waals surface area contributed by atoms with E-state index in [2.05, 4.69) is 5.32 Å². The average molecular weight is 483 g/mol. The third-order valence-corrected chi connectivity index (χ3v) is 6.65. The van der Waals surface area contributed by atoms with Gasteiger partial charge in [0.25, 0.3) is 0 Å². The van der Waals surface area contributed by atoms with Gasteiger partial charge in [-0.3, -0.25) is 9.10 Å². The second kappa shape index (κ2) is 10.9. The van der Waals surface area contributed by atoms with Crippen LogP contribution in [0.15, 0.2) is 36.4 Å². The average Bonchev–Trinajstić information content (AvgIpc) is 2.74. The highest BCUT2D eigenvalue weighted by atomic mass is 35.5. The number of sulfonamides is 1. The molecule has 1 amide bonds. The number of anilines is 1. The van der Waals surface area contributed by atoms with E-state index in [1.165, 1.54) is 13.2 Å². The molecule has 176 valence electrons. The third-order valence-electron chi connectivity index (χ3n) is 5.25. The lowest BCUT2D eigenvalue weighted by Crippen LogP contribution is -2.50. The van der Waals surface area contributed by atoms with Gasteiger partial charge in [0.15, 0.2) is 0 Å². The SMILES string of the molecule is CC[C@@H](NC(=O)[C@H](CC)N(c1cc(Cl)ccc1OC)S(C)(=O)=O)c1ccc(OC)c(C)c1. The van der Waals surface area contributed by atoms with Crippen molar-refractivity contribution in [2.75, 3.05) is 24.8 Å². The van der Waals surface area contributed by atoms with Crippen LogP contribution in [0.3, 0.4) is 0 Å². The first-order chi connectivity index (χ1) is 15.1. The van der Waals surface area contributed by atoms with Gasteiger partial charge in [0.2, 0.25) is 15.9 Å². The molecule has 0 spiro atoms. The fourth-order valence-electron chi connectivity index (χ4n) is 3.68. The second-order valence-electron chi connectivity index (χ2n) is 7.50. The lowest BCUT2D eigenvalue weighted by Gasteiger charge is -2.32. The van der Waals surface area contributed by atoms with Crippen molar-refractivity contribution in [3.8, 4) is 11.5 Å². The zero-order chi connectivity index (χ0) is 24.1. The van der Waals surface area contributed by atoms with E-state index >= 15 is 0 Å². The Kier molecular flexibility index (Phi) is 8.81. The number of nitrogens with one attached hydrogen (secondary N) is 1. The maximum absolute atomic E-state index is 13.4. The van der Waals surface area contributed by atoms with Crippen molar-refractivity contribution >= 4 is 33.2 Å². The van der Waals surface area contributed by atoms with Gasteiger partial charge in [0.1, 0.15) is 17.5 Å². The smallest absolute Gasteiger partial charge is 0.244 e. The normalized spacial score (nSPS) is 13.2. The van der Waals surface area contributed by atoms with Crippen molar-refractivity contribution in [3.63, 3.8) is 0 Å². The maximum Gasteiger partial charge on any atom is 0.244 e. The molecule has 7 nitrogen and oxygen atoms in total. The monoisotopic (exact) mass is 482 g/mol. The molecular formula is C23H31ClN2O5S. The Morgan fingerprint density at radius 3 is 2.19 bits per heavy atom. The largest absolute Gasteiger partial charge is 0.496 e. The summed E-state index contributed by atoms with van der Waals surface area (Å²) < 4.78 is 37.3. The number of amides is 1. The Hall–Kier alpha value is -2.45. The summed E-state index contributed by atoms with van der Waals surface area (Å²) in [6, 6.07) is 9.12. The predicted molar refractivity (Wildman–Crippen MR) is 128 cm³/mol. The molecule has 0 aliphatic heterocycles. The van der Waals surface area contributed by atoms with E-state index in [4.69, 9.17) is 21.1 Å². The Bertz CT molecular complexity index is 1060. The Morgan fingerprint density at radius 2 is 1.69 bits per heavy atom. The van der Waals surface area contributed by atoms with Crippen LogP contribution in [-0.4, -0.2) is 40.8 Å². The predicted octanol–water partition coefficient (Wildman–Crippen LogP) is 4.48. The molecule has 0 saturated heterocycles. The van der Waals surface area contributed by atoms with Gasteiger partial charge in [-0.2, -0.15) is 0 Å². The van der Waals surface area contributed by atoms with Gasteiger partial charge in [-0.15, -0.1) is 0 Å². The van der Waals surface area contributed by atoms with E-state index in [-0.39, 0.29) is 18.2 Å². The summed E-state index contributed by atoms with van der Waals surface area (Å²) in [5, 5.41) is 3.35. The summed E-state index contributed by atoms with van der Waals surface area (Å²) in [6.07, 6.45) is 1.95. The lowest BCUT2D eigenvalue weighted by atomic mass is 10.0. The number of ether oxygens (including phenoxy) is 2. The first-order valence-corrected chi connectivity index (χ1v) is 12.6. The van der Waals surface area contributed by atoms with Crippen LogP contribution >= 0.6 is 11.6 Å². The van der Waals surface area contributed by atoms with Crippen LogP contribution < -0.4 is 19.1 Å². The van der Waals surface area contributed by atoms with Crippen LogP contribution in [-0.2, 0) is 14.8 Å². The minimum Gasteiger partial charge on any atom is -0.496 e. The maximum atomic E-state index is 13.4. The molecule has 9 heteroatoms. The molecule has 0 heterocycles. The summed E-state index contributed by atoms with van der Waals surface area (Å²) in [6.45, 7) is 5.65. The van der Waals surface area contributed by atoms with Crippen LogP contribution in [0, 0.1) is 6.92 Å². The Labute approximate surface area is 195 Å². The molecule has 0 unspecified atom stereocenters. The van der Waals surface area contributed by atoms with Gasteiger partial charge in [0, 0.05) is 5.02 Å². The van der Waals surface area contributed by atoms with Gasteiger partial charge in [0.05, 0.1) is 32.2 Å². The molecule has 0 bridgehead atoms. The number of hydrogen-bond donors (Lipinski definition) is 1. The fourth-order valence-corrected chi connectivity index (χ4v) is 5.05. The molecule has 2 atom stereocenters. The van der Waals surface area contributed by atoms with Crippen molar-refractivity contribution < 1.29 is 22.7 Å². The van der Waals surface area contributed by atoms with Crippen molar-refractivity contribution in [2.45, 2.75) is 45.7 Å². The summed E-state index contributed by atoms with van der Waals surface area (Å²) in [4.78, 5) is 13.4. The topological polar surface area (TPSA) is 84.9 Å². The number of rotatable bonds is 10. The number of carbonyl (C=O) groups excluding carboxylic acids is 1. The number of carbonyl (C=O) groups is 1. The molecule has 0 aromatic heterocycles.